The van der Waals surface area contributed by atoms with E-state index >= 15 is 0 Å². The highest BCUT2D eigenvalue weighted by Crippen LogP contribution is 2.27. The van der Waals surface area contributed by atoms with E-state index in [4.69, 9.17) is 9.72 Å². The second-order valence-electron chi connectivity index (χ2n) is 6.50. The molecule has 0 radical (unpaired) electrons. The smallest absolute Gasteiger partial charge is 0.107 e. The zero-order chi connectivity index (χ0) is 14.7. The molecule has 0 amide bonds. The van der Waals surface area contributed by atoms with E-state index in [0.29, 0.717) is 6.10 Å². The van der Waals surface area contributed by atoms with Crippen molar-refractivity contribution in [1.29, 1.82) is 0 Å². The number of morpholine rings is 1. The predicted octanol–water partition coefficient (Wildman–Crippen LogP) is 2.17. The van der Waals surface area contributed by atoms with Crippen LogP contribution in [0.1, 0.15) is 34.8 Å². The maximum absolute atomic E-state index is 5.89. The van der Waals surface area contributed by atoms with Crippen molar-refractivity contribution in [3.8, 4) is 0 Å². The number of ether oxygens (including phenoxy) is 1. The quantitative estimate of drug-likeness (QED) is 0.833. The highest BCUT2D eigenvalue weighted by molar-refractivity contribution is 7.11. The summed E-state index contributed by atoms with van der Waals surface area (Å²) in [5.41, 5.74) is 1.39. The van der Waals surface area contributed by atoms with Crippen LogP contribution in [0, 0.1) is 0 Å². The van der Waals surface area contributed by atoms with Gasteiger partial charge in [0.1, 0.15) is 5.01 Å². The molecule has 0 N–H and O–H groups in total. The van der Waals surface area contributed by atoms with Gasteiger partial charge in [0.15, 0.2) is 0 Å². The Bertz CT molecular complexity index is 437. The molecule has 1 atom stereocenters. The molecule has 0 spiro atoms. The number of rotatable bonds is 5. The van der Waals surface area contributed by atoms with Crippen LogP contribution in [0.5, 0.6) is 0 Å². The summed E-state index contributed by atoms with van der Waals surface area (Å²) in [7, 11) is 4.25. The fourth-order valence-electron chi connectivity index (χ4n) is 3.17. The molecule has 1 aromatic heterocycles. The number of hydrogen-bond acceptors (Lipinski definition) is 5. The van der Waals surface area contributed by atoms with Crippen molar-refractivity contribution in [2.75, 3.05) is 40.3 Å². The number of thiazole rings is 1. The van der Waals surface area contributed by atoms with Crippen molar-refractivity contribution in [1.82, 2.24) is 14.8 Å². The summed E-state index contributed by atoms with van der Waals surface area (Å²) < 4.78 is 5.89. The van der Waals surface area contributed by atoms with Gasteiger partial charge in [0, 0.05) is 24.5 Å². The summed E-state index contributed by atoms with van der Waals surface area (Å²) in [5, 5.41) is 1.31. The Balaban J connectivity index is 1.53. The molecule has 3 rings (SSSR count). The van der Waals surface area contributed by atoms with E-state index in [1.807, 2.05) is 11.3 Å². The summed E-state index contributed by atoms with van der Waals surface area (Å²) in [6.07, 6.45) is 6.62. The normalized spacial score (nSPS) is 23.5. The van der Waals surface area contributed by atoms with Crippen LogP contribution >= 0.6 is 11.3 Å². The van der Waals surface area contributed by atoms with Crippen LogP contribution < -0.4 is 0 Å². The fraction of sp³-hybridized carbons (Fsp3) is 0.812. The zero-order valence-electron chi connectivity index (χ0n) is 13.3. The molecule has 1 aliphatic heterocycles. The first-order chi connectivity index (χ1) is 10.2. The van der Waals surface area contributed by atoms with Gasteiger partial charge in [-0.15, -0.1) is 11.3 Å². The minimum atomic E-state index is 0.385. The molecule has 0 saturated carbocycles. The lowest BCUT2D eigenvalue weighted by Gasteiger charge is -2.32. The van der Waals surface area contributed by atoms with E-state index in [1.165, 1.54) is 36.4 Å². The third-order valence-corrected chi connectivity index (χ3v) is 5.51. The third-order valence-electron chi connectivity index (χ3n) is 4.37. The van der Waals surface area contributed by atoms with Gasteiger partial charge < -0.3 is 9.64 Å². The number of nitrogens with zero attached hydrogens (tertiary/aromatic N) is 3. The lowest BCUT2D eigenvalue weighted by atomic mass is 10.0. The first-order valence-corrected chi connectivity index (χ1v) is 8.98. The van der Waals surface area contributed by atoms with Gasteiger partial charge in [-0.2, -0.15) is 0 Å². The number of hydrogen-bond donors (Lipinski definition) is 0. The number of fused-ring (bicyclic) bond motifs is 1. The van der Waals surface area contributed by atoms with Crippen LogP contribution in [-0.2, 0) is 24.1 Å². The number of aromatic nitrogens is 1. The maximum Gasteiger partial charge on any atom is 0.107 e. The van der Waals surface area contributed by atoms with E-state index in [1.54, 1.807) is 4.88 Å². The van der Waals surface area contributed by atoms with E-state index in [2.05, 4.69) is 23.9 Å². The van der Waals surface area contributed by atoms with Crippen molar-refractivity contribution in [3.05, 3.63) is 15.6 Å². The first kappa shape index (κ1) is 15.4. The molecule has 1 saturated heterocycles. The molecule has 21 heavy (non-hydrogen) atoms. The van der Waals surface area contributed by atoms with Gasteiger partial charge in [-0.05, 0) is 46.2 Å². The summed E-state index contributed by atoms with van der Waals surface area (Å²) in [6, 6.07) is 0. The van der Waals surface area contributed by atoms with Crippen molar-refractivity contribution >= 4 is 11.3 Å². The molecule has 118 valence electrons. The van der Waals surface area contributed by atoms with Gasteiger partial charge >= 0.3 is 0 Å². The summed E-state index contributed by atoms with van der Waals surface area (Å²) in [5.74, 6) is 0. The minimum Gasteiger partial charge on any atom is -0.376 e. The zero-order valence-corrected chi connectivity index (χ0v) is 14.1. The lowest BCUT2D eigenvalue weighted by Crippen LogP contribution is -2.42. The fourth-order valence-corrected chi connectivity index (χ4v) is 4.36. The molecule has 1 aromatic rings. The van der Waals surface area contributed by atoms with Crippen LogP contribution in [0.15, 0.2) is 0 Å². The van der Waals surface area contributed by atoms with Crippen LogP contribution in [0.3, 0.4) is 0 Å². The maximum atomic E-state index is 5.89. The summed E-state index contributed by atoms with van der Waals surface area (Å²) in [4.78, 5) is 11.2. The molecule has 0 aromatic carbocycles. The second kappa shape index (κ2) is 7.18. The SMILES string of the molecule is CN(C)CC[C@H]1CN(Cc2nc3c(s2)CCCC3)CCO1. The Labute approximate surface area is 132 Å². The van der Waals surface area contributed by atoms with E-state index in [0.717, 1.165) is 39.2 Å². The topological polar surface area (TPSA) is 28.6 Å². The van der Waals surface area contributed by atoms with Gasteiger partial charge in [-0.1, -0.05) is 0 Å². The standard InChI is InChI=1S/C16H27N3OS/c1-18(2)8-7-13-11-19(9-10-20-13)12-16-17-14-5-3-4-6-15(14)21-16/h13H,3-12H2,1-2H3/t13-/m0/s1. The highest BCUT2D eigenvalue weighted by atomic mass is 32.1. The molecule has 0 unspecified atom stereocenters. The van der Waals surface area contributed by atoms with Gasteiger partial charge in [-0.3, -0.25) is 4.90 Å². The third kappa shape index (κ3) is 4.25. The molecule has 2 heterocycles. The van der Waals surface area contributed by atoms with Crippen LogP contribution in [0.4, 0.5) is 0 Å². The molecular weight excluding hydrogens is 282 g/mol. The van der Waals surface area contributed by atoms with Crippen molar-refractivity contribution < 1.29 is 4.74 Å². The van der Waals surface area contributed by atoms with Crippen LogP contribution in [-0.4, -0.2) is 61.2 Å². The second-order valence-corrected chi connectivity index (χ2v) is 7.67. The highest BCUT2D eigenvalue weighted by Gasteiger charge is 2.22. The van der Waals surface area contributed by atoms with Crippen molar-refractivity contribution in [2.24, 2.45) is 0 Å². The van der Waals surface area contributed by atoms with Gasteiger partial charge in [0.05, 0.1) is 24.9 Å². The number of aryl methyl sites for hydroxylation is 2. The first-order valence-electron chi connectivity index (χ1n) is 8.17. The largest absolute Gasteiger partial charge is 0.376 e. The van der Waals surface area contributed by atoms with Gasteiger partial charge in [-0.25, -0.2) is 4.98 Å². The molecule has 1 fully saturated rings. The van der Waals surface area contributed by atoms with Crippen LogP contribution in [0.2, 0.25) is 0 Å². The Morgan fingerprint density at radius 1 is 1.33 bits per heavy atom. The van der Waals surface area contributed by atoms with Crippen molar-refractivity contribution in [2.45, 2.75) is 44.8 Å². The van der Waals surface area contributed by atoms with Gasteiger partial charge in [0.2, 0.25) is 0 Å². The monoisotopic (exact) mass is 309 g/mol. The lowest BCUT2D eigenvalue weighted by molar-refractivity contribution is -0.0370. The Hall–Kier alpha value is -0.490. The molecule has 4 nitrogen and oxygen atoms in total. The van der Waals surface area contributed by atoms with Gasteiger partial charge in [0.25, 0.3) is 0 Å². The summed E-state index contributed by atoms with van der Waals surface area (Å²) in [6.45, 7) is 5.08. The van der Waals surface area contributed by atoms with E-state index in [9.17, 15) is 0 Å². The predicted molar refractivity (Wildman–Crippen MR) is 86.9 cm³/mol. The van der Waals surface area contributed by atoms with Crippen molar-refractivity contribution in [3.63, 3.8) is 0 Å². The molecule has 5 heteroatoms. The molecular formula is C16H27N3OS. The average molecular weight is 309 g/mol. The Kier molecular flexibility index (Phi) is 5.27. The Morgan fingerprint density at radius 2 is 2.19 bits per heavy atom. The summed E-state index contributed by atoms with van der Waals surface area (Å²) >= 11 is 1.95. The molecule has 0 bridgehead atoms. The molecule has 2 aliphatic rings. The van der Waals surface area contributed by atoms with Crippen LogP contribution in [0.25, 0.3) is 0 Å². The minimum absolute atomic E-state index is 0.385. The van der Waals surface area contributed by atoms with E-state index in [-0.39, 0.29) is 0 Å². The molecule has 1 aliphatic carbocycles. The Morgan fingerprint density at radius 3 is 3.00 bits per heavy atom. The average Bonchev–Trinajstić information content (AvgIpc) is 2.87. The van der Waals surface area contributed by atoms with E-state index < -0.39 is 0 Å².